The maximum Gasteiger partial charge on any atom is 0.125 e. The summed E-state index contributed by atoms with van der Waals surface area (Å²) in [6, 6.07) is 10.5. The molecule has 0 amide bonds. The predicted molar refractivity (Wildman–Crippen MR) is 76.2 cm³/mol. The van der Waals surface area contributed by atoms with Gasteiger partial charge in [0, 0.05) is 23.3 Å². The first-order valence-corrected chi connectivity index (χ1v) is 6.72. The molecule has 4 heteroatoms. The van der Waals surface area contributed by atoms with E-state index in [1.165, 1.54) is 5.56 Å². The predicted octanol–water partition coefficient (Wildman–Crippen LogP) is 3.40. The van der Waals surface area contributed by atoms with Gasteiger partial charge in [-0.15, -0.1) is 0 Å². The van der Waals surface area contributed by atoms with E-state index in [-0.39, 0.29) is 6.04 Å². The van der Waals surface area contributed by atoms with E-state index in [2.05, 4.69) is 50.3 Å². The zero-order valence-corrected chi connectivity index (χ0v) is 12.1. The molecule has 0 fully saturated rings. The van der Waals surface area contributed by atoms with Crippen LogP contribution in [0.25, 0.3) is 0 Å². The van der Waals surface area contributed by atoms with Crippen LogP contribution in [0.15, 0.2) is 41.0 Å². The molecule has 1 heterocycles. The molecule has 0 aliphatic heterocycles. The zero-order chi connectivity index (χ0) is 13.0. The molecule has 2 aromatic rings. The zero-order valence-electron chi connectivity index (χ0n) is 10.5. The fraction of sp³-hybridized carbons (Fsp3) is 0.286. The van der Waals surface area contributed by atoms with E-state index in [0.717, 1.165) is 22.5 Å². The molecule has 0 bridgehead atoms. The van der Waals surface area contributed by atoms with Crippen molar-refractivity contribution in [2.24, 2.45) is 0 Å². The molecule has 18 heavy (non-hydrogen) atoms. The maximum atomic E-state index is 4.38. The molecule has 0 spiro atoms. The summed E-state index contributed by atoms with van der Waals surface area (Å²) in [4.78, 5) is 8.47. The van der Waals surface area contributed by atoms with Gasteiger partial charge in [0.05, 0.1) is 5.69 Å². The first-order valence-electron chi connectivity index (χ1n) is 5.93. The molecule has 0 radical (unpaired) electrons. The Morgan fingerprint density at radius 2 is 2.06 bits per heavy atom. The SMILES string of the molecule is Cc1nccc(CN[C@@H](C)c2ccccc2Br)n1. The van der Waals surface area contributed by atoms with E-state index in [1.54, 1.807) is 6.20 Å². The fourth-order valence-electron chi connectivity index (χ4n) is 1.80. The number of hydrogen-bond donors (Lipinski definition) is 1. The normalized spacial score (nSPS) is 12.4. The van der Waals surface area contributed by atoms with E-state index in [4.69, 9.17) is 0 Å². The largest absolute Gasteiger partial charge is 0.305 e. The second-order valence-corrected chi connectivity index (χ2v) is 5.07. The number of aryl methyl sites for hydroxylation is 1. The van der Waals surface area contributed by atoms with Crippen molar-refractivity contribution in [3.8, 4) is 0 Å². The average molecular weight is 306 g/mol. The lowest BCUT2D eigenvalue weighted by atomic mass is 10.1. The Hall–Kier alpha value is -1.26. The van der Waals surface area contributed by atoms with Gasteiger partial charge in [0.1, 0.15) is 5.82 Å². The lowest BCUT2D eigenvalue weighted by Gasteiger charge is -2.15. The fourth-order valence-corrected chi connectivity index (χ4v) is 2.43. The molecule has 0 aliphatic carbocycles. The Labute approximate surface area is 116 Å². The third kappa shape index (κ3) is 3.37. The van der Waals surface area contributed by atoms with Gasteiger partial charge in [-0.25, -0.2) is 9.97 Å². The molecular formula is C14H16BrN3. The van der Waals surface area contributed by atoms with Crippen molar-refractivity contribution < 1.29 is 0 Å². The van der Waals surface area contributed by atoms with Crippen molar-refractivity contribution in [1.29, 1.82) is 0 Å². The van der Waals surface area contributed by atoms with Crippen LogP contribution in [0.4, 0.5) is 0 Å². The Morgan fingerprint density at radius 3 is 2.78 bits per heavy atom. The first-order chi connectivity index (χ1) is 8.66. The molecule has 0 saturated heterocycles. The van der Waals surface area contributed by atoms with Gasteiger partial charge in [0.15, 0.2) is 0 Å². The summed E-state index contributed by atoms with van der Waals surface area (Å²) in [5.74, 6) is 0.808. The van der Waals surface area contributed by atoms with E-state index in [0.29, 0.717) is 0 Å². The standard InChI is InChI=1S/C14H16BrN3/c1-10(13-5-3-4-6-14(13)15)17-9-12-7-8-16-11(2)18-12/h3-8,10,17H,9H2,1-2H3/t10-/m0/s1. The monoisotopic (exact) mass is 305 g/mol. The number of nitrogens with zero attached hydrogens (tertiary/aromatic N) is 2. The molecule has 0 aliphatic rings. The van der Waals surface area contributed by atoms with Crippen molar-refractivity contribution in [2.45, 2.75) is 26.4 Å². The van der Waals surface area contributed by atoms with Gasteiger partial charge in [-0.3, -0.25) is 0 Å². The van der Waals surface area contributed by atoms with Crippen LogP contribution < -0.4 is 5.32 Å². The van der Waals surface area contributed by atoms with Crippen molar-refractivity contribution in [1.82, 2.24) is 15.3 Å². The molecule has 0 saturated carbocycles. The van der Waals surface area contributed by atoms with Crippen LogP contribution in [0.1, 0.15) is 30.0 Å². The minimum absolute atomic E-state index is 0.274. The molecule has 1 N–H and O–H groups in total. The summed E-state index contributed by atoms with van der Waals surface area (Å²) in [6.45, 7) is 4.79. The van der Waals surface area contributed by atoms with Gasteiger partial charge in [-0.1, -0.05) is 34.1 Å². The topological polar surface area (TPSA) is 37.8 Å². The average Bonchev–Trinajstić information content (AvgIpc) is 2.37. The van der Waals surface area contributed by atoms with Gasteiger partial charge in [0.25, 0.3) is 0 Å². The van der Waals surface area contributed by atoms with Crippen LogP contribution in [-0.2, 0) is 6.54 Å². The Kier molecular flexibility index (Phi) is 4.44. The molecule has 1 aromatic heterocycles. The lowest BCUT2D eigenvalue weighted by Crippen LogP contribution is -2.19. The minimum atomic E-state index is 0.274. The molecule has 1 atom stereocenters. The molecule has 2 rings (SSSR count). The van der Waals surface area contributed by atoms with Crippen LogP contribution in [0.3, 0.4) is 0 Å². The van der Waals surface area contributed by atoms with Crippen LogP contribution >= 0.6 is 15.9 Å². The van der Waals surface area contributed by atoms with E-state index in [9.17, 15) is 0 Å². The molecular weight excluding hydrogens is 290 g/mol. The van der Waals surface area contributed by atoms with Crippen molar-refractivity contribution >= 4 is 15.9 Å². The smallest absolute Gasteiger partial charge is 0.125 e. The second kappa shape index (κ2) is 6.07. The highest BCUT2D eigenvalue weighted by atomic mass is 79.9. The first kappa shape index (κ1) is 13.2. The highest BCUT2D eigenvalue weighted by molar-refractivity contribution is 9.10. The molecule has 1 aromatic carbocycles. The van der Waals surface area contributed by atoms with Crippen LogP contribution in [0.5, 0.6) is 0 Å². The third-order valence-corrected chi connectivity index (χ3v) is 3.52. The van der Waals surface area contributed by atoms with Crippen LogP contribution in [-0.4, -0.2) is 9.97 Å². The third-order valence-electron chi connectivity index (χ3n) is 2.79. The number of nitrogens with one attached hydrogen (secondary N) is 1. The van der Waals surface area contributed by atoms with E-state index < -0.39 is 0 Å². The van der Waals surface area contributed by atoms with Crippen molar-refractivity contribution in [2.75, 3.05) is 0 Å². The Morgan fingerprint density at radius 1 is 1.28 bits per heavy atom. The van der Waals surface area contributed by atoms with Crippen LogP contribution in [0.2, 0.25) is 0 Å². The number of halogens is 1. The van der Waals surface area contributed by atoms with Gasteiger partial charge < -0.3 is 5.32 Å². The van der Waals surface area contributed by atoms with Crippen molar-refractivity contribution in [3.63, 3.8) is 0 Å². The summed E-state index contributed by atoms with van der Waals surface area (Å²) >= 11 is 3.57. The van der Waals surface area contributed by atoms with Gasteiger partial charge in [0.2, 0.25) is 0 Å². The highest BCUT2D eigenvalue weighted by Crippen LogP contribution is 2.22. The summed E-state index contributed by atoms with van der Waals surface area (Å²) in [5, 5.41) is 3.46. The molecule has 0 unspecified atom stereocenters. The Bertz CT molecular complexity index is 528. The van der Waals surface area contributed by atoms with Crippen LogP contribution in [0, 0.1) is 6.92 Å². The number of rotatable bonds is 4. The molecule has 94 valence electrons. The number of aromatic nitrogens is 2. The minimum Gasteiger partial charge on any atom is -0.305 e. The summed E-state index contributed by atoms with van der Waals surface area (Å²) < 4.78 is 1.13. The lowest BCUT2D eigenvalue weighted by molar-refractivity contribution is 0.564. The highest BCUT2D eigenvalue weighted by Gasteiger charge is 2.08. The van der Waals surface area contributed by atoms with Crippen molar-refractivity contribution in [3.05, 3.63) is 58.1 Å². The summed E-state index contributed by atoms with van der Waals surface area (Å²) in [6.07, 6.45) is 1.79. The van der Waals surface area contributed by atoms with E-state index in [1.807, 2.05) is 25.1 Å². The Balaban J connectivity index is 2.00. The van der Waals surface area contributed by atoms with Gasteiger partial charge >= 0.3 is 0 Å². The summed E-state index contributed by atoms with van der Waals surface area (Å²) in [5.41, 5.74) is 2.27. The number of hydrogen-bond acceptors (Lipinski definition) is 3. The summed E-state index contributed by atoms with van der Waals surface area (Å²) in [7, 11) is 0. The molecule has 3 nitrogen and oxygen atoms in total. The van der Waals surface area contributed by atoms with E-state index >= 15 is 0 Å². The van der Waals surface area contributed by atoms with Gasteiger partial charge in [-0.05, 0) is 31.5 Å². The maximum absolute atomic E-state index is 4.38. The van der Waals surface area contributed by atoms with Gasteiger partial charge in [-0.2, -0.15) is 0 Å². The number of benzene rings is 1. The quantitative estimate of drug-likeness (QED) is 0.941. The second-order valence-electron chi connectivity index (χ2n) is 4.22.